The molecule has 2 rings (SSSR count). The predicted molar refractivity (Wildman–Crippen MR) is 95.2 cm³/mol. The van der Waals surface area contributed by atoms with Gasteiger partial charge in [0.1, 0.15) is 18.5 Å². The quantitative estimate of drug-likeness (QED) is 0.401. The fourth-order valence-electron chi connectivity index (χ4n) is 2.75. The number of nitrogens with one attached hydrogen (secondary N) is 1. The molecule has 0 aliphatic carbocycles. The number of carbonyl (C=O) groups excluding carboxylic acids is 2. The van der Waals surface area contributed by atoms with Crippen molar-refractivity contribution in [2.45, 2.75) is 20.0 Å². The molecule has 0 fully saturated rings. The largest absolute Gasteiger partial charge is 0.504 e. The van der Waals surface area contributed by atoms with Gasteiger partial charge in [-0.2, -0.15) is 0 Å². The molecule has 0 bridgehead atoms. The topological polar surface area (TPSA) is 124 Å². The van der Waals surface area contributed by atoms with Crippen LogP contribution < -0.4 is 15.7 Å². The molecule has 0 aliphatic rings. The van der Waals surface area contributed by atoms with E-state index in [-0.39, 0.29) is 41.7 Å². The van der Waals surface area contributed by atoms with E-state index in [0.717, 1.165) is 0 Å². The number of rotatable bonds is 8. The van der Waals surface area contributed by atoms with Crippen molar-refractivity contribution >= 4 is 23.2 Å². The minimum Gasteiger partial charge on any atom is -0.504 e. The number of phenolic OH excluding ortho intramolecular Hbond substituents is 1. The monoisotopic (exact) mass is 379 g/mol. The molecule has 0 saturated heterocycles. The normalized spacial score (nSPS) is 12.0. The van der Waals surface area contributed by atoms with Crippen LogP contribution in [0.5, 0.6) is 11.5 Å². The summed E-state index contributed by atoms with van der Waals surface area (Å²) in [6.07, 6.45) is -0.452. The van der Waals surface area contributed by atoms with E-state index in [1.54, 1.807) is 6.92 Å². The van der Waals surface area contributed by atoms with Gasteiger partial charge in [0.15, 0.2) is 23.4 Å². The Morgan fingerprint density at radius 2 is 2.11 bits per heavy atom. The van der Waals surface area contributed by atoms with Gasteiger partial charge >= 0.3 is 5.63 Å². The molecular weight excluding hydrogens is 358 g/mol. The highest BCUT2D eigenvalue weighted by Crippen LogP contribution is 2.37. The first-order chi connectivity index (χ1) is 12.8. The van der Waals surface area contributed by atoms with Crippen LogP contribution in [0.15, 0.2) is 15.3 Å². The average molecular weight is 379 g/mol. The number of ether oxygens (including phenoxy) is 3. The maximum atomic E-state index is 12.6. The summed E-state index contributed by atoms with van der Waals surface area (Å²) in [5.41, 5.74) is -0.363. The molecule has 146 valence electrons. The van der Waals surface area contributed by atoms with E-state index in [9.17, 15) is 19.5 Å². The molecule has 9 heteroatoms. The number of benzene rings is 1. The van der Waals surface area contributed by atoms with Gasteiger partial charge in [0.25, 0.3) is 0 Å². The van der Waals surface area contributed by atoms with Crippen molar-refractivity contribution in [1.82, 2.24) is 5.32 Å². The van der Waals surface area contributed by atoms with Crippen LogP contribution in [-0.4, -0.2) is 44.9 Å². The number of methoxy groups -OCH3 is 2. The number of aryl methyl sites for hydroxylation is 1. The first kappa shape index (κ1) is 20.4. The number of amides is 1. The third-order valence-corrected chi connectivity index (χ3v) is 4.06. The molecule has 1 atom stereocenters. The highest BCUT2D eigenvalue weighted by molar-refractivity contribution is 6.00. The number of hydrogen-bond donors (Lipinski definition) is 2. The summed E-state index contributed by atoms with van der Waals surface area (Å²) in [6, 6.07) is 1.46. The number of aldehydes is 1. The van der Waals surface area contributed by atoms with Gasteiger partial charge in [-0.05, 0) is 18.6 Å². The number of phenols is 1. The summed E-state index contributed by atoms with van der Waals surface area (Å²) < 4.78 is 20.8. The lowest BCUT2D eigenvalue weighted by molar-refractivity contribution is -0.121. The van der Waals surface area contributed by atoms with Gasteiger partial charge in [-0.15, -0.1) is 0 Å². The van der Waals surface area contributed by atoms with Crippen molar-refractivity contribution in [3.05, 3.63) is 33.2 Å². The lowest BCUT2D eigenvalue weighted by Gasteiger charge is -2.20. The van der Waals surface area contributed by atoms with Crippen LogP contribution in [0.4, 0.5) is 0 Å². The number of carbonyl (C=O) groups is 2. The van der Waals surface area contributed by atoms with Crippen LogP contribution in [-0.2, 0) is 14.3 Å². The first-order valence-corrected chi connectivity index (χ1v) is 8.03. The number of hydrogen-bond acceptors (Lipinski definition) is 8. The molecule has 27 heavy (non-hydrogen) atoms. The second-order valence-electron chi connectivity index (χ2n) is 5.76. The van der Waals surface area contributed by atoms with Crippen LogP contribution in [0.1, 0.15) is 34.5 Å². The third-order valence-electron chi connectivity index (χ3n) is 4.06. The molecule has 1 heterocycles. The molecule has 0 spiro atoms. The molecule has 2 aromatic rings. The minimum absolute atomic E-state index is 0.0194. The molecule has 2 N–H and O–H groups in total. The van der Waals surface area contributed by atoms with E-state index in [1.165, 1.54) is 27.2 Å². The van der Waals surface area contributed by atoms with Crippen molar-refractivity contribution in [2.75, 3.05) is 27.6 Å². The second-order valence-corrected chi connectivity index (χ2v) is 5.76. The van der Waals surface area contributed by atoms with E-state index >= 15 is 0 Å². The van der Waals surface area contributed by atoms with Gasteiger partial charge in [0.2, 0.25) is 5.91 Å². The van der Waals surface area contributed by atoms with Crippen molar-refractivity contribution in [3.8, 4) is 11.5 Å². The standard InChI is InChI=1S/C18H21NO8/c1-9-11-5-13(25-4)16(22)12(7-20)17(11)27-18(23)15(9)14(26-8-24-3)6-19-10(2)21/h5,7,14,22H,6,8H2,1-4H3,(H,19,21). The molecule has 0 aliphatic heterocycles. The molecule has 1 aromatic heterocycles. The third kappa shape index (κ3) is 4.09. The molecular formula is C18H21NO8. The van der Waals surface area contributed by atoms with Crippen LogP contribution in [0.2, 0.25) is 0 Å². The highest BCUT2D eigenvalue weighted by Gasteiger charge is 2.25. The zero-order chi connectivity index (χ0) is 20.1. The summed E-state index contributed by atoms with van der Waals surface area (Å²) in [7, 11) is 2.77. The van der Waals surface area contributed by atoms with E-state index in [2.05, 4.69) is 5.32 Å². The van der Waals surface area contributed by atoms with Gasteiger partial charge in [-0.3, -0.25) is 9.59 Å². The number of fused-ring (bicyclic) bond motifs is 1. The van der Waals surface area contributed by atoms with Crippen LogP contribution in [0.25, 0.3) is 11.0 Å². The van der Waals surface area contributed by atoms with Crippen LogP contribution in [0.3, 0.4) is 0 Å². The van der Waals surface area contributed by atoms with E-state index in [4.69, 9.17) is 18.6 Å². The highest BCUT2D eigenvalue weighted by atomic mass is 16.7. The molecule has 0 saturated carbocycles. The average Bonchev–Trinajstić information content (AvgIpc) is 2.63. The molecule has 1 unspecified atom stereocenters. The second kappa shape index (κ2) is 8.65. The Balaban J connectivity index is 2.72. The molecule has 1 aromatic carbocycles. The van der Waals surface area contributed by atoms with E-state index in [0.29, 0.717) is 17.2 Å². The Labute approximate surface area is 154 Å². The lowest BCUT2D eigenvalue weighted by Crippen LogP contribution is -2.31. The van der Waals surface area contributed by atoms with Crippen molar-refractivity contribution < 1.29 is 33.3 Å². The van der Waals surface area contributed by atoms with Gasteiger partial charge in [0.05, 0.1) is 12.7 Å². The van der Waals surface area contributed by atoms with Crippen molar-refractivity contribution in [1.29, 1.82) is 0 Å². The van der Waals surface area contributed by atoms with Crippen molar-refractivity contribution in [2.24, 2.45) is 0 Å². The SMILES string of the molecule is COCOC(CNC(C)=O)c1c(C)c2cc(OC)c(O)c(C=O)c2oc1=O. The Bertz CT molecular complexity index is 918. The van der Waals surface area contributed by atoms with Gasteiger partial charge in [0, 0.05) is 26.0 Å². The summed E-state index contributed by atoms with van der Waals surface area (Å²) in [5, 5.41) is 13.1. The van der Waals surface area contributed by atoms with E-state index < -0.39 is 17.5 Å². The van der Waals surface area contributed by atoms with Crippen LogP contribution in [0, 0.1) is 6.92 Å². The molecule has 1 amide bonds. The maximum absolute atomic E-state index is 12.6. The Hall–Kier alpha value is -2.91. The molecule has 9 nitrogen and oxygen atoms in total. The maximum Gasteiger partial charge on any atom is 0.342 e. The van der Waals surface area contributed by atoms with Gasteiger partial charge < -0.3 is 29.1 Å². The lowest BCUT2D eigenvalue weighted by atomic mass is 9.99. The fourth-order valence-corrected chi connectivity index (χ4v) is 2.75. The molecule has 0 radical (unpaired) electrons. The predicted octanol–water partition coefficient (Wildman–Crippen LogP) is 1.43. The first-order valence-electron chi connectivity index (χ1n) is 8.03. The van der Waals surface area contributed by atoms with E-state index in [1.807, 2.05) is 0 Å². The Kier molecular flexibility index (Phi) is 6.54. The Morgan fingerprint density at radius 1 is 1.41 bits per heavy atom. The smallest absolute Gasteiger partial charge is 0.342 e. The van der Waals surface area contributed by atoms with Gasteiger partial charge in [-0.25, -0.2) is 4.79 Å². The zero-order valence-corrected chi connectivity index (χ0v) is 15.5. The summed E-state index contributed by atoms with van der Waals surface area (Å²) in [5.74, 6) is -0.650. The number of aromatic hydroxyl groups is 1. The minimum atomic E-state index is -0.839. The van der Waals surface area contributed by atoms with Crippen molar-refractivity contribution in [3.63, 3.8) is 0 Å². The fraction of sp³-hybridized carbons (Fsp3) is 0.389. The summed E-state index contributed by atoms with van der Waals surface area (Å²) >= 11 is 0. The summed E-state index contributed by atoms with van der Waals surface area (Å²) in [4.78, 5) is 35.3. The Morgan fingerprint density at radius 3 is 2.67 bits per heavy atom. The van der Waals surface area contributed by atoms with Gasteiger partial charge in [-0.1, -0.05) is 0 Å². The summed E-state index contributed by atoms with van der Waals surface area (Å²) in [6.45, 7) is 2.90. The zero-order valence-electron chi connectivity index (χ0n) is 15.5. The van der Waals surface area contributed by atoms with Crippen LogP contribution >= 0.6 is 0 Å².